The third-order valence-corrected chi connectivity index (χ3v) is 3.20. The highest BCUT2D eigenvalue weighted by atomic mass is 16.7. The summed E-state index contributed by atoms with van der Waals surface area (Å²) in [5, 5.41) is 30.6. The summed E-state index contributed by atoms with van der Waals surface area (Å²) in [6.07, 6.45) is -2.49. The Morgan fingerprint density at radius 3 is 2.00 bits per heavy atom. The van der Waals surface area contributed by atoms with Crippen molar-refractivity contribution in [1.29, 1.82) is 0 Å². The molecule has 0 saturated carbocycles. The minimum Gasteiger partial charge on any atom is -0.497 e. The number of aliphatic hydroxyl groups is 3. The van der Waals surface area contributed by atoms with Gasteiger partial charge in [0, 0.05) is 13.2 Å². The Bertz CT molecular complexity index is 401. The summed E-state index contributed by atoms with van der Waals surface area (Å²) < 4.78 is 15.7. The first-order valence-corrected chi connectivity index (χ1v) is 6.91. The summed E-state index contributed by atoms with van der Waals surface area (Å²) in [6.45, 7) is 3.34. The molecule has 0 heterocycles. The van der Waals surface area contributed by atoms with Crippen molar-refractivity contribution in [2.45, 2.75) is 31.8 Å². The molecule has 2 atom stereocenters. The molecule has 0 aliphatic heterocycles. The molecule has 21 heavy (non-hydrogen) atoms. The van der Waals surface area contributed by atoms with Crippen molar-refractivity contribution in [1.82, 2.24) is 0 Å². The quantitative estimate of drug-likeness (QED) is 0.586. The van der Waals surface area contributed by atoms with E-state index in [1.165, 1.54) is 7.11 Å². The maximum absolute atomic E-state index is 10.6. The first kappa shape index (κ1) is 17.9. The van der Waals surface area contributed by atoms with E-state index in [9.17, 15) is 15.3 Å². The maximum atomic E-state index is 10.6. The molecule has 3 N–H and O–H groups in total. The van der Waals surface area contributed by atoms with Gasteiger partial charge in [0.25, 0.3) is 0 Å². The molecule has 1 aromatic carbocycles. The largest absolute Gasteiger partial charge is 0.497 e. The van der Waals surface area contributed by atoms with Crippen molar-refractivity contribution in [3.05, 3.63) is 29.8 Å². The van der Waals surface area contributed by atoms with Crippen LogP contribution in [-0.4, -0.2) is 54.1 Å². The fraction of sp³-hybridized carbons (Fsp3) is 0.600. The lowest BCUT2D eigenvalue weighted by Crippen LogP contribution is -2.53. The predicted octanol–water partition coefficient (Wildman–Crippen LogP) is 0.851. The zero-order valence-corrected chi connectivity index (χ0v) is 12.7. The lowest BCUT2D eigenvalue weighted by molar-refractivity contribution is -0.275. The lowest BCUT2D eigenvalue weighted by Gasteiger charge is -2.37. The Labute approximate surface area is 124 Å². The van der Waals surface area contributed by atoms with Gasteiger partial charge in [0.2, 0.25) is 0 Å². The number of rotatable bonds is 9. The highest BCUT2D eigenvalue weighted by molar-refractivity contribution is 5.30. The van der Waals surface area contributed by atoms with E-state index < -0.39 is 24.6 Å². The Kier molecular flexibility index (Phi) is 7.07. The van der Waals surface area contributed by atoms with Crippen molar-refractivity contribution in [3.8, 4) is 5.75 Å². The normalized spacial score (nSPS) is 15.8. The van der Waals surface area contributed by atoms with E-state index in [0.29, 0.717) is 11.3 Å². The smallest absolute Gasteiger partial charge is 0.191 e. The van der Waals surface area contributed by atoms with Crippen molar-refractivity contribution in [2.24, 2.45) is 0 Å². The van der Waals surface area contributed by atoms with Crippen LogP contribution in [-0.2, 0) is 9.47 Å². The van der Waals surface area contributed by atoms with Gasteiger partial charge in [-0.3, -0.25) is 0 Å². The summed E-state index contributed by atoms with van der Waals surface area (Å²) in [7, 11) is 1.54. The Hall–Kier alpha value is -1.18. The number of ether oxygens (including phenoxy) is 3. The van der Waals surface area contributed by atoms with E-state index >= 15 is 0 Å². The van der Waals surface area contributed by atoms with Gasteiger partial charge in [0.1, 0.15) is 11.9 Å². The Morgan fingerprint density at radius 2 is 1.62 bits per heavy atom. The molecule has 0 bridgehead atoms. The van der Waals surface area contributed by atoms with Crippen LogP contribution in [0.4, 0.5) is 0 Å². The molecule has 0 radical (unpaired) electrons. The van der Waals surface area contributed by atoms with Gasteiger partial charge in [-0.25, -0.2) is 0 Å². The third-order valence-electron chi connectivity index (χ3n) is 3.20. The van der Waals surface area contributed by atoms with Crippen molar-refractivity contribution in [2.75, 3.05) is 26.9 Å². The highest BCUT2D eigenvalue weighted by Gasteiger charge is 2.45. The molecule has 0 saturated heterocycles. The molecule has 6 heteroatoms. The Morgan fingerprint density at radius 1 is 1.10 bits per heavy atom. The summed E-state index contributed by atoms with van der Waals surface area (Å²) in [5.41, 5.74) is -1.53. The molecule has 120 valence electrons. The van der Waals surface area contributed by atoms with Gasteiger partial charge in [0.15, 0.2) is 11.9 Å². The zero-order valence-electron chi connectivity index (χ0n) is 12.7. The van der Waals surface area contributed by atoms with E-state index in [0.717, 1.165) is 0 Å². The number of hydrogen-bond donors (Lipinski definition) is 3. The minimum atomic E-state index is -1.96. The molecular weight excluding hydrogens is 276 g/mol. The topological polar surface area (TPSA) is 88.4 Å². The third kappa shape index (κ3) is 4.15. The maximum Gasteiger partial charge on any atom is 0.191 e. The highest BCUT2D eigenvalue weighted by Crippen LogP contribution is 2.32. The summed E-state index contributed by atoms with van der Waals surface area (Å²) in [6, 6.07) is 6.54. The van der Waals surface area contributed by atoms with E-state index in [1.54, 1.807) is 38.1 Å². The van der Waals surface area contributed by atoms with Gasteiger partial charge in [0.05, 0.1) is 13.7 Å². The molecule has 0 aliphatic carbocycles. The standard InChI is InChI=1S/C15H24O6/c1-4-20-14(21-5-2)15(18,10-16)13(17)11-6-8-12(19-3)9-7-11/h6-9,13-14,16-18H,4-5,10H2,1-3H3/t13-,15-/m0/s1. The van der Waals surface area contributed by atoms with Crippen LogP contribution < -0.4 is 4.74 Å². The second-order valence-corrected chi connectivity index (χ2v) is 4.57. The fourth-order valence-corrected chi connectivity index (χ4v) is 2.00. The van der Waals surface area contributed by atoms with Crippen LogP contribution in [0.15, 0.2) is 24.3 Å². The van der Waals surface area contributed by atoms with Crippen LogP contribution in [0.2, 0.25) is 0 Å². The first-order chi connectivity index (χ1) is 10.0. The number of benzene rings is 1. The molecule has 0 aliphatic rings. The lowest BCUT2D eigenvalue weighted by atomic mass is 9.90. The van der Waals surface area contributed by atoms with E-state index in [4.69, 9.17) is 14.2 Å². The monoisotopic (exact) mass is 300 g/mol. The predicted molar refractivity (Wildman–Crippen MR) is 77.0 cm³/mol. The average Bonchev–Trinajstić information content (AvgIpc) is 2.53. The molecule has 0 amide bonds. The molecular formula is C15H24O6. The van der Waals surface area contributed by atoms with E-state index in [-0.39, 0.29) is 13.2 Å². The summed E-state index contributed by atoms with van der Waals surface area (Å²) in [5.74, 6) is 0.629. The number of aliphatic hydroxyl groups excluding tert-OH is 2. The summed E-state index contributed by atoms with van der Waals surface area (Å²) in [4.78, 5) is 0. The van der Waals surface area contributed by atoms with Crippen LogP contribution in [0, 0.1) is 0 Å². The number of methoxy groups -OCH3 is 1. The van der Waals surface area contributed by atoms with Gasteiger partial charge in [-0.1, -0.05) is 12.1 Å². The van der Waals surface area contributed by atoms with Crippen LogP contribution in [0.5, 0.6) is 5.75 Å². The fourth-order valence-electron chi connectivity index (χ4n) is 2.00. The van der Waals surface area contributed by atoms with E-state index in [1.807, 2.05) is 0 Å². The van der Waals surface area contributed by atoms with Crippen LogP contribution in [0.25, 0.3) is 0 Å². The second kappa shape index (κ2) is 8.31. The van der Waals surface area contributed by atoms with E-state index in [2.05, 4.69) is 0 Å². The Balaban J connectivity index is 3.02. The van der Waals surface area contributed by atoms with Crippen molar-refractivity contribution in [3.63, 3.8) is 0 Å². The number of hydrogen-bond acceptors (Lipinski definition) is 6. The van der Waals surface area contributed by atoms with Crippen LogP contribution in [0.1, 0.15) is 25.5 Å². The molecule has 0 fully saturated rings. The molecule has 0 unspecified atom stereocenters. The molecule has 0 aromatic heterocycles. The van der Waals surface area contributed by atoms with Crippen LogP contribution >= 0.6 is 0 Å². The van der Waals surface area contributed by atoms with Gasteiger partial charge in [-0.05, 0) is 31.5 Å². The van der Waals surface area contributed by atoms with Crippen molar-refractivity contribution < 1.29 is 29.5 Å². The average molecular weight is 300 g/mol. The SMILES string of the molecule is CCOC(OCC)[C@](O)(CO)[C@@H](O)c1ccc(OC)cc1. The minimum absolute atomic E-state index is 0.280. The molecule has 6 nitrogen and oxygen atoms in total. The van der Waals surface area contributed by atoms with Gasteiger partial charge >= 0.3 is 0 Å². The zero-order chi connectivity index (χ0) is 15.9. The van der Waals surface area contributed by atoms with Gasteiger partial charge < -0.3 is 29.5 Å². The molecule has 1 aromatic rings. The molecule has 1 rings (SSSR count). The first-order valence-electron chi connectivity index (χ1n) is 6.91. The van der Waals surface area contributed by atoms with Crippen molar-refractivity contribution >= 4 is 0 Å². The molecule has 0 spiro atoms. The van der Waals surface area contributed by atoms with Crippen LogP contribution in [0.3, 0.4) is 0 Å². The second-order valence-electron chi connectivity index (χ2n) is 4.57. The van der Waals surface area contributed by atoms with Gasteiger partial charge in [-0.15, -0.1) is 0 Å². The van der Waals surface area contributed by atoms with Gasteiger partial charge in [-0.2, -0.15) is 0 Å². The summed E-state index contributed by atoms with van der Waals surface area (Å²) >= 11 is 0.